The Kier molecular flexibility index (Phi) is 3.52. The molecule has 1 aliphatic heterocycles. The highest BCUT2D eigenvalue weighted by Gasteiger charge is 1.94. The summed E-state index contributed by atoms with van der Waals surface area (Å²) in [7, 11) is 0. The van der Waals surface area contributed by atoms with E-state index in [1.54, 1.807) is 12.4 Å². The summed E-state index contributed by atoms with van der Waals surface area (Å²) in [6.07, 6.45) is 3.56. The van der Waals surface area contributed by atoms with Gasteiger partial charge in [-0.2, -0.15) is 0 Å². The molecule has 0 amide bonds. The monoisotopic (exact) mass is 215 g/mol. The SMILES string of the molecule is C1CO1.Cc1ccncc1Br. The summed E-state index contributed by atoms with van der Waals surface area (Å²) in [4.78, 5) is 3.90. The molecule has 0 atom stereocenters. The summed E-state index contributed by atoms with van der Waals surface area (Å²) in [5.41, 5.74) is 1.22. The zero-order chi connectivity index (χ0) is 8.10. The van der Waals surface area contributed by atoms with Crippen molar-refractivity contribution in [2.75, 3.05) is 13.2 Å². The van der Waals surface area contributed by atoms with Gasteiger partial charge in [0.1, 0.15) is 0 Å². The number of aryl methyl sites for hydroxylation is 1. The first kappa shape index (κ1) is 8.68. The Bertz CT molecular complexity index is 201. The van der Waals surface area contributed by atoms with Crippen LogP contribution in [-0.4, -0.2) is 18.2 Å². The highest BCUT2D eigenvalue weighted by atomic mass is 79.9. The second kappa shape index (κ2) is 4.46. The minimum atomic E-state index is 1.00. The van der Waals surface area contributed by atoms with Gasteiger partial charge in [-0.15, -0.1) is 0 Å². The largest absolute Gasteiger partial charge is 0.377 e. The highest BCUT2D eigenvalue weighted by Crippen LogP contribution is 2.11. The van der Waals surface area contributed by atoms with Gasteiger partial charge in [0.25, 0.3) is 0 Å². The molecule has 0 aliphatic carbocycles. The average Bonchev–Trinajstić information content (AvgIpc) is 2.80. The number of nitrogens with zero attached hydrogens (tertiary/aromatic N) is 1. The number of pyridine rings is 1. The van der Waals surface area contributed by atoms with Gasteiger partial charge in [0, 0.05) is 16.9 Å². The lowest BCUT2D eigenvalue weighted by molar-refractivity contribution is 0.475. The summed E-state index contributed by atoms with van der Waals surface area (Å²) in [6.45, 7) is 4.03. The van der Waals surface area contributed by atoms with Crippen molar-refractivity contribution in [1.82, 2.24) is 4.98 Å². The van der Waals surface area contributed by atoms with Crippen LogP contribution < -0.4 is 0 Å². The normalized spacial score (nSPS) is 13.3. The molecule has 60 valence electrons. The smallest absolute Gasteiger partial charge is 0.0701 e. The molecule has 3 heteroatoms. The van der Waals surface area contributed by atoms with Crippen molar-refractivity contribution in [3.63, 3.8) is 0 Å². The van der Waals surface area contributed by atoms with Crippen molar-refractivity contribution in [3.8, 4) is 0 Å². The van der Waals surface area contributed by atoms with Crippen molar-refractivity contribution in [1.29, 1.82) is 0 Å². The zero-order valence-corrected chi connectivity index (χ0v) is 7.97. The number of rotatable bonds is 0. The lowest BCUT2D eigenvalue weighted by Gasteiger charge is -1.90. The van der Waals surface area contributed by atoms with Gasteiger partial charge in [-0.05, 0) is 34.5 Å². The predicted octanol–water partition coefficient (Wildman–Crippen LogP) is 2.17. The van der Waals surface area contributed by atoms with E-state index in [0.717, 1.165) is 17.7 Å². The molecule has 1 saturated heterocycles. The summed E-state index contributed by atoms with van der Waals surface area (Å²) < 4.78 is 5.57. The Morgan fingerprint density at radius 1 is 1.55 bits per heavy atom. The van der Waals surface area contributed by atoms with Gasteiger partial charge in [0.05, 0.1) is 13.2 Å². The number of aromatic nitrogens is 1. The third-order valence-electron chi connectivity index (χ3n) is 1.18. The molecule has 0 spiro atoms. The molecule has 1 fully saturated rings. The van der Waals surface area contributed by atoms with Crippen molar-refractivity contribution in [2.24, 2.45) is 0 Å². The van der Waals surface area contributed by atoms with Crippen LogP contribution >= 0.6 is 15.9 Å². The summed E-state index contributed by atoms with van der Waals surface area (Å²) in [5.74, 6) is 0. The molecule has 2 nitrogen and oxygen atoms in total. The van der Waals surface area contributed by atoms with E-state index in [-0.39, 0.29) is 0 Å². The standard InChI is InChI=1S/C6H6BrN.C2H4O/c1-5-2-3-8-4-6(5)7;1-2-3-1/h2-4H,1H3;1-2H2. The molecule has 0 saturated carbocycles. The fourth-order valence-electron chi connectivity index (χ4n) is 0.445. The maximum Gasteiger partial charge on any atom is 0.0701 e. The third kappa shape index (κ3) is 4.11. The molecule has 0 N–H and O–H groups in total. The Labute approximate surface area is 74.7 Å². The number of halogens is 1. The van der Waals surface area contributed by atoms with Gasteiger partial charge in [0.2, 0.25) is 0 Å². The van der Waals surface area contributed by atoms with E-state index in [1.807, 2.05) is 13.0 Å². The van der Waals surface area contributed by atoms with Crippen molar-refractivity contribution in [2.45, 2.75) is 6.92 Å². The van der Waals surface area contributed by atoms with Crippen LogP contribution in [0.15, 0.2) is 22.9 Å². The van der Waals surface area contributed by atoms with Crippen LogP contribution in [0.2, 0.25) is 0 Å². The lowest BCUT2D eigenvalue weighted by Crippen LogP contribution is -1.74. The Balaban J connectivity index is 0.000000167. The third-order valence-corrected chi connectivity index (χ3v) is 2.01. The minimum absolute atomic E-state index is 1.00. The first-order chi connectivity index (χ1) is 5.30. The molecule has 2 heterocycles. The van der Waals surface area contributed by atoms with Crippen LogP contribution in [0.4, 0.5) is 0 Å². The van der Waals surface area contributed by atoms with Crippen LogP contribution in [0.5, 0.6) is 0 Å². The Hall–Kier alpha value is -0.410. The second-order valence-corrected chi connectivity index (χ2v) is 3.09. The number of hydrogen-bond acceptors (Lipinski definition) is 2. The van der Waals surface area contributed by atoms with Crippen LogP contribution in [0.3, 0.4) is 0 Å². The summed E-state index contributed by atoms with van der Waals surface area (Å²) in [5, 5.41) is 0. The molecule has 0 radical (unpaired) electrons. The van der Waals surface area contributed by atoms with Gasteiger partial charge < -0.3 is 4.74 Å². The van der Waals surface area contributed by atoms with E-state index in [4.69, 9.17) is 0 Å². The minimum Gasteiger partial charge on any atom is -0.377 e. The first-order valence-corrected chi connectivity index (χ1v) is 4.24. The van der Waals surface area contributed by atoms with Gasteiger partial charge in [-0.1, -0.05) is 0 Å². The highest BCUT2D eigenvalue weighted by molar-refractivity contribution is 9.10. The Morgan fingerprint density at radius 3 is 2.45 bits per heavy atom. The zero-order valence-electron chi connectivity index (χ0n) is 6.38. The topological polar surface area (TPSA) is 25.4 Å². The molecular formula is C8H10BrNO. The maximum atomic E-state index is 4.50. The van der Waals surface area contributed by atoms with Crippen LogP contribution in [0.1, 0.15) is 5.56 Å². The number of ether oxygens (including phenoxy) is 1. The van der Waals surface area contributed by atoms with Crippen molar-refractivity contribution in [3.05, 3.63) is 28.5 Å². The quantitative estimate of drug-likeness (QED) is 0.621. The van der Waals surface area contributed by atoms with Gasteiger partial charge >= 0.3 is 0 Å². The molecule has 1 aromatic rings. The van der Waals surface area contributed by atoms with E-state index < -0.39 is 0 Å². The molecular weight excluding hydrogens is 206 g/mol. The average molecular weight is 216 g/mol. The van der Waals surface area contributed by atoms with E-state index in [0.29, 0.717) is 0 Å². The van der Waals surface area contributed by atoms with E-state index in [9.17, 15) is 0 Å². The fourth-order valence-corrected chi connectivity index (χ4v) is 0.695. The molecule has 1 aromatic heterocycles. The predicted molar refractivity (Wildman–Crippen MR) is 47.5 cm³/mol. The molecule has 0 aromatic carbocycles. The molecule has 0 bridgehead atoms. The van der Waals surface area contributed by atoms with Crippen molar-refractivity contribution >= 4 is 15.9 Å². The number of epoxide rings is 1. The number of hydrogen-bond donors (Lipinski definition) is 0. The maximum absolute atomic E-state index is 4.50. The van der Waals surface area contributed by atoms with Crippen LogP contribution in [-0.2, 0) is 4.74 Å². The van der Waals surface area contributed by atoms with Gasteiger partial charge in [0.15, 0.2) is 0 Å². The van der Waals surface area contributed by atoms with Gasteiger partial charge in [-0.3, -0.25) is 4.98 Å². The van der Waals surface area contributed by atoms with E-state index in [1.165, 1.54) is 5.56 Å². The van der Waals surface area contributed by atoms with Gasteiger partial charge in [-0.25, -0.2) is 0 Å². The molecule has 0 unspecified atom stereocenters. The molecule has 1 aliphatic rings. The summed E-state index contributed by atoms with van der Waals surface area (Å²) >= 11 is 3.33. The van der Waals surface area contributed by atoms with Crippen LogP contribution in [0, 0.1) is 6.92 Å². The molecule has 11 heavy (non-hydrogen) atoms. The van der Waals surface area contributed by atoms with E-state index in [2.05, 4.69) is 25.7 Å². The van der Waals surface area contributed by atoms with Crippen LogP contribution in [0.25, 0.3) is 0 Å². The van der Waals surface area contributed by atoms with Crippen molar-refractivity contribution < 1.29 is 4.74 Å². The second-order valence-electron chi connectivity index (χ2n) is 2.24. The summed E-state index contributed by atoms with van der Waals surface area (Å²) in [6, 6.07) is 1.96. The van der Waals surface area contributed by atoms with E-state index >= 15 is 0 Å². The lowest BCUT2D eigenvalue weighted by atomic mass is 10.3. The first-order valence-electron chi connectivity index (χ1n) is 3.44. The Morgan fingerprint density at radius 2 is 2.18 bits per heavy atom. The fraction of sp³-hybridized carbons (Fsp3) is 0.375. The molecule has 2 rings (SSSR count).